The first-order valence-corrected chi connectivity index (χ1v) is 9.86. The molecule has 2 aromatic heterocycles. The fraction of sp³-hybridized carbons (Fsp3) is 0.217. The smallest absolute Gasteiger partial charge is 0.335 e. The summed E-state index contributed by atoms with van der Waals surface area (Å²) in [5.74, 6) is 0.280. The number of carbonyl (C=O) groups is 1. The molecule has 30 heavy (non-hydrogen) atoms. The lowest BCUT2D eigenvalue weighted by molar-refractivity contribution is 0.0697. The quantitative estimate of drug-likeness (QED) is 0.495. The number of nitrogens with one attached hydrogen (secondary N) is 1. The highest BCUT2D eigenvalue weighted by Gasteiger charge is 2.19. The monoisotopic (exact) mass is 401 g/mol. The zero-order valence-electron chi connectivity index (χ0n) is 17.1. The van der Waals surface area contributed by atoms with Crippen molar-refractivity contribution in [1.29, 1.82) is 0 Å². The summed E-state index contributed by atoms with van der Waals surface area (Å²) in [6.45, 7) is 4.15. The van der Waals surface area contributed by atoms with E-state index >= 15 is 0 Å². The Labute approximate surface area is 174 Å². The van der Waals surface area contributed by atoms with Crippen molar-refractivity contribution in [3.8, 4) is 11.4 Å². The minimum Gasteiger partial charge on any atom is -0.478 e. The van der Waals surface area contributed by atoms with Gasteiger partial charge in [-0.05, 0) is 31.0 Å². The molecular weight excluding hydrogens is 378 g/mol. The number of aromatic nitrogens is 4. The molecule has 2 N–H and O–H groups in total. The summed E-state index contributed by atoms with van der Waals surface area (Å²) in [4.78, 5) is 20.7. The number of anilines is 1. The van der Waals surface area contributed by atoms with Crippen molar-refractivity contribution in [1.82, 2.24) is 19.7 Å². The number of nitrogens with zero attached hydrogens (tertiary/aromatic N) is 4. The summed E-state index contributed by atoms with van der Waals surface area (Å²) in [5, 5.41) is 18.2. The molecule has 0 saturated heterocycles. The Morgan fingerprint density at radius 1 is 1.10 bits per heavy atom. The molecule has 2 aromatic carbocycles. The maximum atomic E-state index is 11.2. The molecule has 2 heterocycles. The van der Waals surface area contributed by atoms with E-state index in [-0.39, 0.29) is 11.6 Å². The maximum Gasteiger partial charge on any atom is 0.335 e. The highest BCUT2D eigenvalue weighted by atomic mass is 16.4. The Morgan fingerprint density at radius 3 is 2.43 bits per heavy atom. The topological polar surface area (TPSA) is 92.9 Å². The first kappa shape index (κ1) is 19.6. The molecule has 7 heteroatoms. The number of hydrogen-bond donors (Lipinski definition) is 2. The molecule has 0 amide bonds. The maximum absolute atomic E-state index is 11.2. The van der Waals surface area contributed by atoms with Gasteiger partial charge in [0.2, 0.25) is 0 Å². The third kappa shape index (κ3) is 3.61. The van der Waals surface area contributed by atoms with E-state index in [0.717, 1.165) is 40.1 Å². The molecule has 0 spiro atoms. The van der Waals surface area contributed by atoms with Gasteiger partial charge in [-0.1, -0.05) is 49.4 Å². The molecule has 4 rings (SSSR count). The molecule has 0 radical (unpaired) electrons. The number of benzene rings is 2. The van der Waals surface area contributed by atoms with Gasteiger partial charge in [-0.3, -0.25) is 0 Å². The highest BCUT2D eigenvalue weighted by Crippen LogP contribution is 2.30. The van der Waals surface area contributed by atoms with E-state index in [1.165, 1.54) is 0 Å². The SMILES string of the molecule is CCc1nn(C)c2nc(-c3ccc(C(=O)O)cc3)nc(N[C@@H](C)c3ccccc3)c12. The van der Waals surface area contributed by atoms with Crippen LogP contribution < -0.4 is 5.32 Å². The highest BCUT2D eigenvalue weighted by molar-refractivity contribution is 5.92. The Bertz CT molecular complexity index is 1200. The largest absolute Gasteiger partial charge is 0.478 e. The van der Waals surface area contributed by atoms with E-state index in [1.807, 2.05) is 25.2 Å². The van der Waals surface area contributed by atoms with Crippen LogP contribution in [0.25, 0.3) is 22.4 Å². The fourth-order valence-electron chi connectivity index (χ4n) is 3.50. The Morgan fingerprint density at radius 2 is 1.80 bits per heavy atom. The van der Waals surface area contributed by atoms with Crippen molar-refractivity contribution in [3.05, 3.63) is 71.4 Å². The van der Waals surface area contributed by atoms with Crippen molar-refractivity contribution in [3.63, 3.8) is 0 Å². The average molecular weight is 401 g/mol. The number of fused-ring (bicyclic) bond motifs is 1. The zero-order valence-corrected chi connectivity index (χ0v) is 17.1. The summed E-state index contributed by atoms with van der Waals surface area (Å²) in [6.07, 6.45) is 0.766. The van der Waals surface area contributed by atoms with Crippen molar-refractivity contribution < 1.29 is 9.90 Å². The molecule has 0 saturated carbocycles. The number of aromatic carboxylic acids is 1. The molecule has 7 nitrogen and oxygen atoms in total. The van der Waals surface area contributed by atoms with Gasteiger partial charge in [0.25, 0.3) is 0 Å². The number of carboxylic acids is 1. The molecule has 0 fully saturated rings. The lowest BCUT2D eigenvalue weighted by atomic mass is 10.1. The van der Waals surface area contributed by atoms with Gasteiger partial charge in [0.15, 0.2) is 11.5 Å². The molecular formula is C23H23N5O2. The van der Waals surface area contributed by atoms with E-state index in [9.17, 15) is 4.79 Å². The van der Waals surface area contributed by atoms with Crippen LogP contribution in [0.1, 0.15) is 41.5 Å². The Balaban J connectivity index is 1.83. The van der Waals surface area contributed by atoms with E-state index in [0.29, 0.717) is 5.82 Å². The molecule has 0 unspecified atom stereocenters. The van der Waals surface area contributed by atoms with Crippen molar-refractivity contribution in [2.45, 2.75) is 26.3 Å². The minimum atomic E-state index is -0.962. The van der Waals surface area contributed by atoms with Gasteiger partial charge in [-0.25, -0.2) is 19.4 Å². The van der Waals surface area contributed by atoms with Gasteiger partial charge in [-0.2, -0.15) is 5.10 Å². The molecule has 1 atom stereocenters. The van der Waals surface area contributed by atoms with Gasteiger partial charge < -0.3 is 10.4 Å². The number of carboxylic acid groups (broad SMARTS) is 1. The van der Waals surface area contributed by atoms with Gasteiger partial charge in [0.05, 0.1) is 16.6 Å². The van der Waals surface area contributed by atoms with Crippen LogP contribution in [0.4, 0.5) is 5.82 Å². The van der Waals surface area contributed by atoms with Crippen LogP contribution >= 0.6 is 0 Å². The Kier molecular flexibility index (Phi) is 5.18. The van der Waals surface area contributed by atoms with E-state index in [2.05, 4.69) is 36.4 Å². The van der Waals surface area contributed by atoms with Gasteiger partial charge in [0, 0.05) is 18.7 Å². The van der Waals surface area contributed by atoms with Crippen LogP contribution in [-0.4, -0.2) is 30.8 Å². The van der Waals surface area contributed by atoms with Crippen LogP contribution in [0.15, 0.2) is 54.6 Å². The van der Waals surface area contributed by atoms with Crippen LogP contribution in [0.2, 0.25) is 0 Å². The average Bonchev–Trinajstić information content (AvgIpc) is 3.10. The zero-order chi connectivity index (χ0) is 21.3. The Hall–Kier alpha value is -3.74. The second-order valence-electron chi connectivity index (χ2n) is 7.18. The van der Waals surface area contributed by atoms with E-state index in [1.54, 1.807) is 28.9 Å². The predicted molar refractivity (Wildman–Crippen MR) is 117 cm³/mol. The molecule has 0 aliphatic carbocycles. The minimum absolute atomic E-state index is 0.0384. The first-order valence-electron chi connectivity index (χ1n) is 9.86. The van der Waals surface area contributed by atoms with Gasteiger partial charge in [0.1, 0.15) is 5.82 Å². The van der Waals surface area contributed by atoms with Crippen molar-refractivity contribution >= 4 is 22.8 Å². The molecule has 4 aromatic rings. The van der Waals surface area contributed by atoms with E-state index < -0.39 is 5.97 Å². The van der Waals surface area contributed by atoms with Gasteiger partial charge >= 0.3 is 5.97 Å². The molecule has 0 bridgehead atoms. The number of aryl methyl sites for hydroxylation is 2. The summed E-state index contributed by atoms with van der Waals surface area (Å²) in [6, 6.07) is 16.8. The fourth-order valence-corrected chi connectivity index (χ4v) is 3.50. The van der Waals surface area contributed by atoms with Gasteiger partial charge in [-0.15, -0.1) is 0 Å². The normalized spacial score (nSPS) is 12.1. The van der Waals surface area contributed by atoms with Crippen molar-refractivity contribution in [2.24, 2.45) is 7.05 Å². The summed E-state index contributed by atoms with van der Waals surface area (Å²) < 4.78 is 1.77. The number of hydrogen-bond acceptors (Lipinski definition) is 5. The molecule has 0 aliphatic rings. The third-order valence-corrected chi connectivity index (χ3v) is 5.13. The predicted octanol–water partition coefficient (Wildman–Crippen LogP) is 4.46. The lowest BCUT2D eigenvalue weighted by Crippen LogP contribution is -2.10. The molecule has 0 aliphatic heterocycles. The van der Waals surface area contributed by atoms with Crippen molar-refractivity contribution in [2.75, 3.05) is 5.32 Å². The number of rotatable bonds is 6. The third-order valence-electron chi connectivity index (χ3n) is 5.13. The summed E-state index contributed by atoms with van der Waals surface area (Å²) in [7, 11) is 1.87. The lowest BCUT2D eigenvalue weighted by Gasteiger charge is -2.17. The molecule has 152 valence electrons. The standard InChI is InChI=1S/C23H23N5O2/c1-4-18-19-21(24-14(2)15-8-6-5-7-9-15)25-20(26-22(19)28(3)27-18)16-10-12-17(13-11-16)23(29)30/h5-14H,4H2,1-3H3,(H,29,30)(H,24,25,26)/t14-/m0/s1. The second-order valence-corrected chi connectivity index (χ2v) is 7.18. The second kappa shape index (κ2) is 7.94. The van der Waals surface area contributed by atoms with Crippen LogP contribution in [0.5, 0.6) is 0 Å². The first-order chi connectivity index (χ1) is 14.5. The summed E-state index contributed by atoms with van der Waals surface area (Å²) >= 11 is 0. The van der Waals surface area contributed by atoms with E-state index in [4.69, 9.17) is 15.1 Å². The summed E-state index contributed by atoms with van der Waals surface area (Å²) in [5.41, 5.74) is 3.80. The van der Waals surface area contributed by atoms with Crippen LogP contribution in [-0.2, 0) is 13.5 Å². The van der Waals surface area contributed by atoms with Crippen LogP contribution in [0, 0.1) is 0 Å². The van der Waals surface area contributed by atoms with Crippen LogP contribution in [0.3, 0.4) is 0 Å².